The molecule has 2 amide bonds. The Morgan fingerprint density at radius 2 is 1.55 bits per heavy atom. The second-order valence-electron chi connectivity index (χ2n) is 8.27. The standard InChI is InChI=1S/C21H23F7N2O3/c1-13-17(14-5-3-2-4-6-14)33-18(32)30(13)15-8-11-29(12-9-15)16(31)7-10-19(22,20(23,24)25)21(26,27)28/h2-6,13,15,17H,7-12H2,1H3/t13-,17-/m1/s1. The lowest BCUT2D eigenvalue weighted by Crippen LogP contribution is -2.54. The van der Waals surface area contributed by atoms with Gasteiger partial charge in [0.15, 0.2) is 0 Å². The average molecular weight is 484 g/mol. The van der Waals surface area contributed by atoms with Crippen LogP contribution in [0.15, 0.2) is 30.3 Å². The third kappa shape index (κ3) is 4.89. The Bertz CT molecular complexity index is 838. The summed E-state index contributed by atoms with van der Waals surface area (Å²) >= 11 is 0. The normalized spacial score (nSPS) is 23.1. The van der Waals surface area contributed by atoms with E-state index >= 15 is 0 Å². The van der Waals surface area contributed by atoms with Gasteiger partial charge in [0.1, 0.15) is 6.10 Å². The van der Waals surface area contributed by atoms with E-state index in [1.54, 1.807) is 4.90 Å². The van der Waals surface area contributed by atoms with Crippen molar-refractivity contribution in [2.45, 2.75) is 68.8 Å². The van der Waals surface area contributed by atoms with Crippen LogP contribution in [0, 0.1) is 0 Å². The Kier molecular flexibility index (Phi) is 6.86. The Hall–Kier alpha value is -2.53. The third-order valence-electron chi connectivity index (χ3n) is 6.24. The van der Waals surface area contributed by atoms with Crippen LogP contribution in [0.5, 0.6) is 0 Å². The molecule has 33 heavy (non-hydrogen) atoms. The van der Waals surface area contributed by atoms with E-state index in [4.69, 9.17) is 4.74 Å². The van der Waals surface area contributed by atoms with Gasteiger partial charge in [-0.2, -0.15) is 26.3 Å². The monoisotopic (exact) mass is 484 g/mol. The lowest BCUT2D eigenvalue weighted by atomic mass is 9.96. The molecule has 2 fully saturated rings. The molecule has 184 valence electrons. The second-order valence-corrected chi connectivity index (χ2v) is 8.27. The summed E-state index contributed by atoms with van der Waals surface area (Å²) in [6.45, 7) is 1.86. The first-order valence-corrected chi connectivity index (χ1v) is 10.4. The van der Waals surface area contributed by atoms with Crippen LogP contribution in [0.3, 0.4) is 0 Å². The van der Waals surface area contributed by atoms with E-state index in [1.807, 2.05) is 37.3 Å². The molecule has 0 spiro atoms. The van der Waals surface area contributed by atoms with Crippen molar-refractivity contribution in [1.82, 2.24) is 9.80 Å². The van der Waals surface area contributed by atoms with E-state index in [-0.39, 0.29) is 38.0 Å². The Balaban J connectivity index is 1.57. The van der Waals surface area contributed by atoms with Gasteiger partial charge in [-0.15, -0.1) is 0 Å². The molecule has 1 aromatic rings. The van der Waals surface area contributed by atoms with Gasteiger partial charge in [0, 0.05) is 32.0 Å². The van der Waals surface area contributed by atoms with Crippen LogP contribution in [0.2, 0.25) is 0 Å². The summed E-state index contributed by atoms with van der Waals surface area (Å²) in [6.07, 6.45) is -16.1. The summed E-state index contributed by atoms with van der Waals surface area (Å²) in [5.74, 6) is -0.997. The zero-order valence-electron chi connectivity index (χ0n) is 17.6. The Labute approximate surface area is 185 Å². The second kappa shape index (κ2) is 9.02. The maximum Gasteiger partial charge on any atom is 0.431 e. The highest BCUT2D eigenvalue weighted by Gasteiger charge is 2.72. The first-order chi connectivity index (χ1) is 15.3. The first kappa shape index (κ1) is 25.1. The predicted octanol–water partition coefficient (Wildman–Crippen LogP) is 5.17. The summed E-state index contributed by atoms with van der Waals surface area (Å²) in [5, 5.41) is 0. The molecule has 3 rings (SSSR count). The van der Waals surface area contributed by atoms with E-state index in [1.165, 1.54) is 0 Å². The van der Waals surface area contributed by atoms with E-state index in [0.717, 1.165) is 10.5 Å². The molecule has 0 aliphatic carbocycles. The smallest absolute Gasteiger partial charge is 0.431 e. The van der Waals surface area contributed by atoms with Gasteiger partial charge in [0.2, 0.25) is 5.91 Å². The van der Waals surface area contributed by atoms with Gasteiger partial charge < -0.3 is 9.64 Å². The fourth-order valence-electron chi connectivity index (χ4n) is 4.33. The summed E-state index contributed by atoms with van der Waals surface area (Å²) in [7, 11) is 0. The number of halogens is 7. The molecule has 0 saturated carbocycles. The van der Waals surface area contributed by atoms with E-state index < -0.39 is 49.0 Å². The number of amides is 2. The lowest BCUT2D eigenvalue weighted by molar-refractivity contribution is -0.343. The van der Waals surface area contributed by atoms with Gasteiger partial charge in [-0.1, -0.05) is 30.3 Å². The van der Waals surface area contributed by atoms with Gasteiger partial charge in [0.05, 0.1) is 6.04 Å². The van der Waals surface area contributed by atoms with Crippen LogP contribution in [-0.4, -0.2) is 65.0 Å². The average Bonchev–Trinajstić information content (AvgIpc) is 3.04. The fraction of sp³-hybridized carbons (Fsp3) is 0.619. The van der Waals surface area contributed by atoms with Crippen LogP contribution < -0.4 is 0 Å². The van der Waals surface area contributed by atoms with Crippen molar-refractivity contribution in [3.05, 3.63) is 35.9 Å². The molecule has 0 unspecified atom stereocenters. The molecule has 0 bridgehead atoms. The zero-order valence-corrected chi connectivity index (χ0v) is 17.6. The van der Waals surface area contributed by atoms with E-state index in [0.29, 0.717) is 0 Å². The van der Waals surface area contributed by atoms with Crippen molar-refractivity contribution in [2.75, 3.05) is 13.1 Å². The van der Waals surface area contributed by atoms with Crippen molar-refractivity contribution in [1.29, 1.82) is 0 Å². The number of piperidine rings is 1. The molecular formula is C21H23F7N2O3. The van der Waals surface area contributed by atoms with Crippen molar-refractivity contribution in [2.24, 2.45) is 0 Å². The number of ether oxygens (including phenoxy) is 1. The largest absolute Gasteiger partial charge is 0.439 e. The lowest BCUT2D eigenvalue weighted by Gasteiger charge is -2.38. The van der Waals surface area contributed by atoms with Gasteiger partial charge in [-0.3, -0.25) is 9.69 Å². The van der Waals surface area contributed by atoms with Crippen molar-refractivity contribution >= 4 is 12.0 Å². The van der Waals surface area contributed by atoms with Gasteiger partial charge >= 0.3 is 18.4 Å². The molecule has 2 aliphatic rings. The van der Waals surface area contributed by atoms with Gasteiger partial charge in [-0.25, -0.2) is 9.18 Å². The number of benzene rings is 1. The van der Waals surface area contributed by atoms with Crippen LogP contribution in [0.1, 0.15) is 44.3 Å². The number of cyclic esters (lactones) is 1. The molecule has 12 heteroatoms. The highest BCUT2D eigenvalue weighted by Crippen LogP contribution is 2.49. The first-order valence-electron chi connectivity index (χ1n) is 10.4. The summed E-state index contributed by atoms with van der Waals surface area (Å²) in [5.41, 5.74) is -4.63. The highest BCUT2D eigenvalue weighted by molar-refractivity contribution is 5.76. The predicted molar refractivity (Wildman–Crippen MR) is 102 cm³/mol. The number of rotatable bonds is 5. The van der Waals surface area contributed by atoms with Crippen LogP contribution in [0.25, 0.3) is 0 Å². The maximum absolute atomic E-state index is 13.8. The number of likely N-dealkylation sites (tertiary alicyclic amines) is 1. The molecule has 2 saturated heterocycles. The number of hydrogen-bond acceptors (Lipinski definition) is 3. The number of hydrogen-bond donors (Lipinski definition) is 0. The maximum atomic E-state index is 13.8. The topological polar surface area (TPSA) is 49.9 Å². The quantitative estimate of drug-likeness (QED) is 0.542. The van der Waals surface area contributed by atoms with E-state index in [9.17, 15) is 40.3 Å². The number of carbonyl (C=O) groups is 2. The van der Waals surface area contributed by atoms with Crippen LogP contribution in [-0.2, 0) is 9.53 Å². The van der Waals surface area contributed by atoms with Gasteiger partial charge in [0.25, 0.3) is 5.67 Å². The molecule has 2 heterocycles. The van der Waals surface area contributed by atoms with Crippen molar-refractivity contribution in [3.63, 3.8) is 0 Å². The van der Waals surface area contributed by atoms with Crippen molar-refractivity contribution in [3.8, 4) is 0 Å². The third-order valence-corrected chi connectivity index (χ3v) is 6.24. The fourth-order valence-corrected chi connectivity index (χ4v) is 4.33. The highest BCUT2D eigenvalue weighted by atomic mass is 19.4. The number of carbonyl (C=O) groups excluding carboxylic acids is 2. The van der Waals surface area contributed by atoms with Gasteiger partial charge in [-0.05, 0) is 25.3 Å². The summed E-state index contributed by atoms with van der Waals surface area (Å²) in [4.78, 5) is 27.3. The molecule has 0 aromatic heterocycles. The minimum absolute atomic E-state index is 0.0212. The van der Waals surface area contributed by atoms with Crippen molar-refractivity contribution < 1.29 is 45.1 Å². The Morgan fingerprint density at radius 3 is 2.06 bits per heavy atom. The molecule has 0 radical (unpaired) electrons. The molecule has 0 N–H and O–H groups in total. The zero-order chi connectivity index (χ0) is 24.6. The molecule has 1 aromatic carbocycles. The minimum atomic E-state index is -6.18. The number of nitrogens with zero attached hydrogens (tertiary/aromatic N) is 2. The van der Waals surface area contributed by atoms with E-state index in [2.05, 4.69) is 0 Å². The van der Waals surface area contributed by atoms with Crippen LogP contribution >= 0.6 is 0 Å². The molecule has 2 aliphatic heterocycles. The molecule has 5 nitrogen and oxygen atoms in total. The molecule has 2 atom stereocenters. The minimum Gasteiger partial charge on any atom is -0.439 e. The SMILES string of the molecule is C[C@@H]1[C@H](c2ccccc2)OC(=O)N1C1CCN(C(=O)CCC(F)(C(F)(F)F)C(F)(F)F)CC1. The summed E-state index contributed by atoms with van der Waals surface area (Å²) in [6, 6.07) is 8.48. The molecular weight excluding hydrogens is 461 g/mol. The summed E-state index contributed by atoms with van der Waals surface area (Å²) < 4.78 is 95.3. The Morgan fingerprint density at radius 1 is 1.00 bits per heavy atom. The number of alkyl halides is 7. The van der Waals surface area contributed by atoms with Crippen LogP contribution in [0.4, 0.5) is 35.5 Å².